The average Bonchev–Trinajstić information content (AvgIpc) is 2.45. The molecule has 1 aliphatic rings. The predicted octanol–water partition coefficient (Wildman–Crippen LogP) is 3.90. The van der Waals surface area contributed by atoms with Gasteiger partial charge < -0.3 is 14.2 Å². The van der Waals surface area contributed by atoms with E-state index in [4.69, 9.17) is 14.2 Å². The Kier molecular flexibility index (Phi) is 4.28. The summed E-state index contributed by atoms with van der Waals surface area (Å²) in [4.78, 5) is 0. The van der Waals surface area contributed by atoms with Crippen LogP contribution >= 0.6 is 0 Å². The van der Waals surface area contributed by atoms with Gasteiger partial charge in [-0.1, -0.05) is 0 Å². The summed E-state index contributed by atoms with van der Waals surface area (Å²) in [6.07, 6.45) is 2.79. The summed E-state index contributed by atoms with van der Waals surface area (Å²) in [5.74, 6) is 1.96. The molecule has 0 saturated carbocycles. The molecule has 1 atom stereocenters. The van der Waals surface area contributed by atoms with Crippen LogP contribution in [0, 0.1) is 27.7 Å². The van der Waals surface area contributed by atoms with E-state index in [0.717, 1.165) is 41.9 Å². The number of hydrogen-bond acceptors (Lipinski definition) is 3. The quantitative estimate of drug-likeness (QED) is 0.781. The number of ether oxygens (including phenoxy) is 3. The maximum atomic E-state index is 6.27. The molecule has 111 valence electrons. The van der Waals surface area contributed by atoms with Crippen molar-refractivity contribution in [2.45, 2.75) is 52.6 Å². The van der Waals surface area contributed by atoms with Crippen molar-refractivity contribution in [2.75, 3.05) is 13.9 Å². The van der Waals surface area contributed by atoms with Crippen molar-refractivity contribution in [3.63, 3.8) is 0 Å². The Morgan fingerprint density at radius 1 is 1.20 bits per heavy atom. The number of benzene rings is 1. The van der Waals surface area contributed by atoms with Crippen molar-refractivity contribution < 1.29 is 14.2 Å². The molecular weight excluding hydrogens is 252 g/mol. The maximum Gasteiger partial charge on any atom is 0.188 e. The molecule has 0 spiro atoms. The van der Waals surface area contributed by atoms with Gasteiger partial charge in [-0.2, -0.15) is 0 Å². The topological polar surface area (TPSA) is 27.7 Å². The lowest BCUT2D eigenvalue weighted by atomic mass is 9.86. The first-order valence-electron chi connectivity index (χ1n) is 7.16. The molecule has 0 bridgehead atoms. The van der Waals surface area contributed by atoms with E-state index in [0.29, 0.717) is 0 Å². The highest BCUT2D eigenvalue weighted by Crippen LogP contribution is 2.44. The molecular formula is C17H25O3. The molecule has 1 heterocycles. The van der Waals surface area contributed by atoms with Gasteiger partial charge in [0.1, 0.15) is 17.1 Å². The molecule has 1 unspecified atom stereocenters. The highest BCUT2D eigenvalue weighted by Gasteiger charge is 2.33. The van der Waals surface area contributed by atoms with Crippen molar-refractivity contribution in [3.8, 4) is 11.5 Å². The molecule has 0 fully saturated rings. The molecule has 0 amide bonds. The monoisotopic (exact) mass is 277 g/mol. The van der Waals surface area contributed by atoms with Gasteiger partial charge in [-0.3, -0.25) is 0 Å². The standard InChI is InChI=1S/C17H25O3/c1-7-17(5)9-8-14-13(4)15(19-10-18-6)11(2)12(3)16(14)20-17/h1,7-10H2,2-6H3. The third-order valence-electron chi connectivity index (χ3n) is 4.41. The average molecular weight is 277 g/mol. The third kappa shape index (κ3) is 2.51. The van der Waals surface area contributed by atoms with Crippen LogP contribution in [0.1, 0.15) is 42.0 Å². The minimum atomic E-state index is -0.147. The molecule has 20 heavy (non-hydrogen) atoms. The second-order valence-electron chi connectivity index (χ2n) is 5.86. The molecule has 1 aromatic rings. The largest absolute Gasteiger partial charge is 0.487 e. The Morgan fingerprint density at radius 2 is 1.90 bits per heavy atom. The molecule has 0 aliphatic carbocycles. The van der Waals surface area contributed by atoms with Crippen LogP contribution in [0.2, 0.25) is 0 Å². The fourth-order valence-corrected chi connectivity index (χ4v) is 2.79. The van der Waals surface area contributed by atoms with Crippen molar-refractivity contribution in [3.05, 3.63) is 29.2 Å². The van der Waals surface area contributed by atoms with Gasteiger partial charge in [0.2, 0.25) is 0 Å². The Bertz CT molecular complexity index is 508. The lowest BCUT2D eigenvalue weighted by Gasteiger charge is -2.37. The lowest BCUT2D eigenvalue weighted by Crippen LogP contribution is -2.36. The van der Waals surface area contributed by atoms with Crippen molar-refractivity contribution in [1.29, 1.82) is 0 Å². The summed E-state index contributed by atoms with van der Waals surface area (Å²) in [6.45, 7) is 12.7. The van der Waals surface area contributed by atoms with Crippen molar-refractivity contribution >= 4 is 0 Å². The van der Waals surface area contributed by atoms with Gasteiger partial charge in [0.25, 0.3) is 0 Å². The SMILES string of the molecule is [CH2]CC1(C)CCc2c(C)c(OCOC)c(C)c(C)c2O1. The summed E-state index contributed by atoms with van der Waals surface area (Å²) in [7, 11) is 1.64. The van der Waals surface area contributed by atoms with Crippen LogP contribution in [0.4, 0.5) is 0 Å². The Morgan fingerprint density at radius 3 is 2.50 bits per heavy atom. The van der Waals surface area contributed by atoms with E-state index in [1.165, 1.54) is 11.1 Å². The number of rotatable bonds is 4. The zero-order chi connectivity index (χ0) is 14.9. The summed E-state index contributed by atoms with van der Waals surface area (Å²) in [6, 6.07) is 0. The van der Waals surface area contributed by atoms with Crippen LogP contribution in [-0.4, -0.2) is 19.5 Å². The molecule has 0 saturated heterocycles. The molecule has 1 radical (unpaired) electrons. The van der Waals surface area contributed by atoms with Gasteiger partial charge >= 0.3 is 0 Å². The van der Waals surface area contributed by atoms with E-state index in [-0.39, 0.29) is 12.4 Å². The normalized spacial score (nSPS) is 21.3. The Hall–Kier alpha value is -1.22. The second-order valence-corrected chi connectivity index (χ2v) is 5.86. The van der Waals surface area contributed by atoms with Crippen LogP contribution in [0.25, 0.3) is 0 Å². The fourth-order valence-electron chi connectivity index (χ4n) is 2.79. The first kappa shape index (κ1) is 15.2. The second kappa shape index (κ2) is 5.65. The lowest BCUT2D eigenvalue weighted by molar-refractivity contribution is 0.0482. The van der Waals surface area contributed by atoms with E-state index in [2.05, 4.69) is 34.6 Å². The van der Waals surface area contributed by atoms with Gasteiger partial charge in [-0.15, -0.1) is 0 Å². The smallest absolute Gasteiger partial charge is 0.188 e. The van der Waals surface area contributed by atoms with Gasteiger partial charge in [0.15, 0.2) is 6.79 Å². The zero-order valence-electron chi connectivity index (χ0n) is 13.3. The molecule has 3 nitrogen and oxygen atoms in total. The summed E-state index contributed by atoms with van der Waals surface area (Å²) >= 11 is 0. The Balaban J connectivity index is 2.48. The zero-order valence-corrected chi connectivity index (χ0v) is 13.3. The molecule has 3 heteroatoms. The van der Waals surface area contributed by atoms with E-state index < -0.39 is 0 Å². The number of hydrogen-bond donors (Lipinski definition) is 0. The van der Waals surface area contributed by atoms with Crippen molar-refractivity contribution in [1.82, 2.24) is 0 Å². The predicted molar refractivity (Wildman–Crippen MR) is 80.5 cm³/mol. The van der Waals surface area contributed by atoms with Gasteiger partial charge in [-0.25, -0.2) is 0 Å². The Labute approximate surface area is 122 Å². The minimum absolute atomic E-state index is 0.147. The number of methoxy groups -OCH3 is 1. The first-order chi connectivity index (χ1) is 9.43. The summed E-state index contributed by atoms with van der Waals surface area (Å²) < 4.78 is 17.1. The first-order valence-corrected chi connectivity index (χ1v) is 7.16. The van der Waals surface area contributed by atoms with E-state index in [1.807, 2.05) is 0 Å². The molecule has 0 N–H and O–H groups in total. The number of fused-ring (bicyclic) bond motifs is 1. The van der Waals surface area contributed by atoms with Crippen LogP contribution in [0.3, 0.4) is 0 Å². The van der Waals surface area contributed by atoms with Crippen LogP contribution in [0.15, 0.2) is 0 Å². The van der Waals surface area contributed by atoms with Crippen molar-refractivity contribution in [2.24, 2.45) is 0 Å². The van der Waals surface area contributed by atoms with Gasteiger partial charge in [0, 0.05) is 12.7 Å². The highest BCUT2D eigenvalue weighted by atomic mass is 16.7. The molecule has 1 aromatic carbocycles. The maximum absolute atomic E-state index is 6.27. The van der Waals surface area contributed by atoms with Gasteiger partial charge in [-0.05, 0) is 70.6 Å². The molecule has 1 aliphatic heterocycles. The molecule has 0 aromatic heterocycles. The molecule has 2 rings (SSSR count). The fraction of sp³-hybridized carbons (Fsp3) is 0.588. The van der Waals surface area contributed by atoms with E-state index in [9.17, 15) is 0 Å². The van der Waals surface area contributed by atoms with E-state index in [1.54, 1.807) is 7.11 Å². The summed E-state index contributed by atoms with van der Waals surface area (Å²) in [5, 5.41) is 0. The van der Waals surface area contributed by atoms with Gasteiger partial charge in [0.05, 0.1) is 0 Å². The summed E-state index contributed by atoms with van der Waals surface area (Å²) in [5.41, 5.74) is 4.59. The third-order valence-corrected chi connectivity index (χ3v) is 4.41. The van der Waals surface area contributed by atoms with Crippen LogP contribution in [0.5, 0.6) is 11.5 Å². The van der Waals surface area contributed by atoms with Crippen LogP contribution < -0.4 is 9.47 Å². The minimum Gasteiger partial charge on any atom is -0.487 e. The highest BCUT2D eigenvalue weighted by molar-refractivity contribution is 5.59. The van der Waals surface area contributed by atoms with Crippen LogP contribution in [-0.2, 0) is 11.2 Å². The van der Waals surface area contributed by atoms with E-state index >= 15 is 0 Å².